The number of rotatable bonds is 7. The van der Waals surface area contributed by atoms with Crippen LogP contribution in [0.4, 0.5) is 4.79 Å². The molecule has 0 spiro atoms. The number of aryl methyl sites for hydroxylation is 1. The first-order valence-electron chi connectivity index (χ1n) is 10.8. The van der Waals surface area contributed by atoms with Gasteiger partial charge < -0.3 is 24.4 Å². The topological polar surface area (TPSA) is 153 Å². The molecule has 0 saturated heterocycles. The van der Waals surface area contributed by atoms with Crippen molar-refractivity contribution < 1.29 is 33.1 Å². The Kier molecular flexibility index (Phi) is 6.98. The standard InChI is InChI=1S/C26H22N2O8/c1-15-11-23(30)36-21-12-18(8-9-20(15)21)24(31)16-4-6-17(7-5-16)25(32)35-14-22(29)28(26(27)33)13-19-3-2-10-34-19/h2-12,24,31H,13-14H2,1H3,(H2,27,33). The zero-order chi connectivity index (χ0) is 25.8. The first-order chi connectivity index (χ1) is 17.2. The van der Waals surface area contributed by atoms with Crippen molar-refractivity contribution in [2.24, 2.45) is 5.73 Å². The van der Waals surface area contributed by atoms with Gasteiger partial charge in [0.25, 0.3) is 5.91 Å². The number of benzene rings is 2. The lowest BCUT2D eigenvalue weighted by atomic mass is 9.98. The molecule has 1 atom stereocenters. The number of carbonyl (C=O) groups excluding carboxylic acids is 3. The molecular weight excluding hydrogens is 468 g/mol. The van der Waals surface area contributed by atoms with Crippen molar-refractivity contribution in [3.8, 4) is 0 Å². The Hall–Kier alpha value is -4.70. The van der Waals surface area contributed by atoms with E-state index in [0.29, 0.717) is 27.4 Å². The number of imide groups is 1. The van der Waals surface area contributed by atoms with Crippen molar-refractivity contribution in [2.75, 3.05) is 6.61 Å². The lowest BCUT2D eigenvalue weighted by Gasteiger charge is -2.17. The van der Waals surface area contributed by atoms with Crippen LogP contribution in [0.25, 0.3) is 11.0 Å². The lowest BCUT2D eigenvalue weighted by Crippen LogP contribution is -2.42. The molecular formula is C26H22N2O8. The summed E-state index contributed by atoms with van der Waals surface area (Å²) in [6.07, 6.45) is 0.343. The highest BCUT2D eigenvalue weighted by Gasteiger charge is 2.22. The maximum absolute atomic E-state index is 12.4. The highest BCUT2D eigenvalue weighted by molar-refractivity contribution is 5.96. The largest absolute Gasteiger partial charge is 0.467 e. The molecule has 2 aromatic heterocycles. The summed E-state index contributed by atoms with van der Waals surface area (Å²) in [6.45, 7) is 0.906. The highest BCUT2D eigenvalue weighted by Crippen LogP contribution is 2.26. The van der Waals surface area contributed by atoms with Crippen LogP contribution in [0.5, 0.6) is 0 Å². The molecule has 0 fully saturated rings. The molecule has 4 rings (SSSR count). The van der Waals surface area contributed by atoms with Crippen LogP contribution in [0.15, 0.2) is 80.6 Å². The van der Waals surface area contributed by atoms with Crippen LogP contribution >= 0.6 is 0 Å². The fraction of sp³-hybridized carbons (Fsp3) is 0.154. The van der Waals surface area contributed by atoms with Crippen LogP contribution in [-0.4, -0.2) is 34.5 Å². The summed E-state index contributed by atoms with van der Waals surface area (Å²) in [4.78, 5) is 48.7. The van der Waals surface area contributed by atoms with Crippen molar-refractivity contribution in [2.45, 2.75) is 19.6 Å². The Morgan fingerprint density at radius 2 is 1.78 bits per heavy atom. The fourth-order valence-corrected chi connectivity index (χ4v) is 3.64. The molecule has 1 unspecified atom stereocenters. The first-order valence-corrected chi connectivity index (χ1v) is 10.8. The van der Waals surface area contributed by atoms with Crippen LogP contribution < -0.4 is 11.4 Å². The van der Waals surface area contributed by atoms with Gasteiger partial charge in [0, 0.05) is 11.5 Å². The Bertz CT molecular complexity index is 1470. The molecule has 0 aliphatic rings. The minimum atomic E-state index is -1.04. The average Bonchev–Trinajstić information content (AvgIpc) is 3.38. The number of amides is 3. The number of esters is 1. The number of urea groups is 1. The van der Waals surface area contributed by atoms with Gasteiger partial charge in [0.05, 0.1) is 18.4 Å². The maximum Gasteiger partial charge on any atom is 0.338 e. The molecule has 4 aromatic rings. The number of aliphatic hydroxyl groups is 1. The summed E-state index contributed by atoms with van der Waals surface area (Å²) >= 11 is 0. The molecule has 0 saturated carbocycles. The number of carbonyl (C=O) groups is 3. The van der Waals surface area contributed by atoms with Gasteiger partial charge in [-0.1, -0.05) is 24.3 Å². The third kappa shape index (κ3) is 5.34. The molecule has 3 amide bonds. The van der Waals surface area contributed by atoms with Crippen molar-refractivity contribution in [1.29, 1.82) is 0 Å². The highest BCUT2D eigenvalue weighted by atomic mass is 16.5. The van der Waals surface area contributed by atoms with E-state index < -0.39 is 36.2 Å². The molecule has 36 heavy (non-hydrogen) atoms. The number of hydrogen-bond acceptors (Lipinski definition) is 8. The molecule has 2 aromatic carbocycles. The molecule has 184 valence electrons. The van der Waals surface area contributed by atoms with Gasteiger partial charge >= 0.3 is 17.6 Å². The monoisotopic (exact) mass is 490 g/mol. The van der Waals surface area contributed by atoms with Crippen LogP contribution in [-0.2, 0) is 16.1 Å². The van der Waals surface area contributed by atoms with E-state index >= 15 is 0 Å². The second-order valence-corrected chi connectivity index (χ2v) is 8.00. The fourth-order valence-electron chi connectivity index (χ4n) is 3.64. The van der Waals surface area contributed by atoms with Gasteiger partial charge in [-0.05, 0) is 53.9 Å². The number of aliphatic hydroxyl groups excluding tert-OH is 1. The van der Waals surface area contributed by atoms with E-state index in [1.54, 1.807) is 37.3 Å². The number of furan rings is 1. The lowest BCUT2D eigenvalue weighted by molar-refractivity contribution is -0.132. The van der Waals surface area contributed by atoms with Gasteiger partial charge in [-0.3, -0.25) is 9.69 Å². The van der Waals surface area contributed by atoms with E-state index in [9.17, 15) is 24.3 Å². The predicted octanol–water partition coefficient (Wildman–Crippen LogP) is 3.04. The number of nitrogens with two attached hydrogens (primary N) is 1. The summed E-state index contributed by atoms with van der Waals surface area (Å²) in [7, 11) is 0. The first kappa shape index (κ1) is 24.4. The molecule has 2 heterocycles. The average molecular weight is 490 g/mol. The van der Waals surface area contributed by atoms with E-state index in [0.717, 1.165) is 10.9 Å². The second-order valence-electron chi connectivity index (χ2n) is 8.00. The number of ether oxygens (including phenoxy) is 1. The summed E-state index contributed by atoms with van der Waals surface area (Å²) in [6, 6.07) is 14.6. The Balaban J connectivity index is 1.41. The van der Waals surface area contributed by atoms with E-state index in [-0.39, 0.29) is 12.1 Å². The molecule has 0 bridgehead atoms. The Morgan fingerprint density at radius 3 is 2.44 bits per heavy atom. The van der Waals surface area contributed by atoms with E-state index in [1.165, 1.54) is 36.6 Å². The van der Waals surface area contributed by atoms with Gasteiger partial charge in [0.1, 0.15) is 17.4 Å². The summed E-state index contributed by atoms with van der Waals surface area (Å²) in [5, 5.41) is 11.5. The van der Waals surface area contributed by atoms with Crippen LogP contribution in [0, 0.1) is 6.92 Å². The molecule has 0 aliphatic carbocycles. The molecule has 10 heteroatoms. The number of hydrogen-bond donors (Lipinski definition) is 2. The normalized spacial score (nSPS) is 11.7. The number of fused-ring (bicyclic) bond motifs is 1. The van der Waals surface area contributed by atoms with Gasteiger partial charge in [-0.25, -0.2) is 14.4 Å². The van der Waals surface area contributed by atoms with E-state index in [2.05, 4.69) is 0 Å². The summed E-state index contributed by atoms with van der Waals surface area (Å²) in [5.74, 6) is -1.27. The molecule has 0 radical (unpaired) electrons. The van der Waals surface area contributed by atoms with Crippen molar-refractivity contribution >= 4 is 28.9 Å². The predicted molar refractivity (Wildman–Crippen MR) is 127 cm³/mol. The zero-order valence-electron chi connectivity index (χ0n) is 19.2. The molecule has 3 N–H and O–H groups in total. The van der Waals surface area contributed by atoms with Gasteiger partial charge in [-0.2, -0.15) is 0 Å². The van der Waals surface area contributed by atoms with Crippen molar-refractivity contribution in [3.05, 3.63) is 105 Å². The third-order valence-electron chi connectivity index (χ3n) is 5.54. The Labute approximate surface area is 204 Å². The minimum Gasteiger partial charge on any atom is -0.467 e. The Morgan fingerprint density at radius 1 is 1.06 bits per heavy atom. The third-order valence-corrected chi connectivity index (χ3v) is 5.54. The van der Waals surface area contributed by atoms with Crippen molar-refractivity contribution in [1.82, 2.24) is 4.90 Å². The van der Waals surface area contributed by atoms with Gasteiger partial charge in [0.15, 0.2) is 6.61 Å². The maximum atomic E-state index is 12.4. The number of primary amides is 1. The van der Waals surface area contributed by atoms with Crippen LogP contribution in [0.2, 0.25) is 0 Å². The number of nitrogens with zero attached hydrogens (tertiary/aromatic N) is 1. The SMILES string of the molecule is Cc1cc(=O)oc2cc(C(O)c3ccc(C(=O)OCC(=O)N(Cc4ccco4)C(N)=O)cc3)ccc12. The summed E-state index contributed by atoms with van der Waals surface area (Å²) in [5.41, 5.74) is 7.01. The second kappa shape index (κ2) is 10.3. The van der Waals surface area contributed by atoms with Gasteiger partial charge in [-0.15, -0.1) is 0 Å². The van der Waals surface area contributed by atoms with Crippen LogP contribution in [0.3, 0.4) is 0 Å². The smallest absolute Gasteiger partial charge is 0.338 e. The summed E-state index contributed by atoms with van der Waals surface area (Å²) < 4.78 is 15.4. The molecule has 10 nitrogen and oxygen atoms in total. The van der Waals surface area contributed by atoms with Gasteiger partial charge in [0.2, 0.25) is 0 Å². The van der Waals surface area contributed by atoms with E-state index in [1.807, 2.05) is 0 Å². The van der Waals surface area contributed by atoms with Crippen LogP contribution in [0.1, 0.15) is 38.9 Å². The zero-order valence-corrected chi connectivity index (χ0v) is 19.2. The van der Waals surface area contributed by atoms with E-state index in [4.69, 9.17) is 19.3 Å². The van der Waals surface area contributed by atoms with Crippen molar-refractivity contribution in [3.63, 3.8) is 0 Å². The molecule has 0 aliphatic heterocycles. The minimum absolute atomic E-state index is 0.135. The quantitative estimate of drug-likeness (QED) is 0.296.